The predicted molar refractivity (Wildman–Crippen MR) is 173 cm³/mol. The number of carbonyl (C=O) groups excluding carboxylic acids is 3. The maximum Gasteiger partial charge on any atom is 0.327 e. The lowest BCUT2D eigenvalue weighted by Crippen LogP contribution is -2.54. The van der Waals surface area contributed by atoms with Gasteiger partial charge in [-0.25, -0.2) is 9.78 Å². The number of benzene rings is 2. The van der Waals surface area contributed by atoms with E-state index in [-0.39, 0.29) is 29.5 Å². The van der Waals surface area contributed by atoms with Gasteiger partial charge in [0.05, 0.1) is 17.4 Å². The van der Waals surface area contributed by atoms with Gasteiger partial charge in [-0.05, 0) is 80.6 Å². The Hall–Kier alpha value is -4.86. The van der Waals surface area contributed by atoms with Crippen molar-refractivity contribution in [2.24, 2.45) is 5.73 Å². The van der Waals surface area contributed by atoms with Crippen LogP contribution in [-0.2, 0) is 9.59 Å². The third-order valence-corrected chi connectivity index (χ3v) is 10.1. The number of rotatable bonds is 7. The summed E-state index contributed by atoms with van der Waals surface area (Å²) in [6.07, 6.45) is 6.14. The molecule has 3 aromatic rings. The summed E-state index contributed by atoms with van der Waals surface area (Å²) in [7, 11) is 0. The Morgan fingerprint density at radius 3 is 2.72 bits per heavy atom. The molecule has 1 aliphatic carbocycles. The highest BCUT2D eigenvalue weighted by Gasteiger charge is 2.47. The van der Waals surface area contributed by atoms with Crippen LogP contribution in [0.2, 0.25) is 0 Å². The van der Waals surface area contributed by atoms with Crippen molar-refractivity contribution in [3.63, 3.8) is 0 Å². The molecule has 1 aromatic heterocycles. The first-order valence-electron chi connectivity index (χ1n) is 15.3. The SMILES string of the molecule is Cc1cc(Oc2ccccc2)ccc1N1C(=O)NC2c3c1ccnc3S[C@H]2C(=O)NC1CCCN(C(=O)/C(C#N)=C/C2(N)CC2)C1. The molecule has 2 unspecified atom stereocenters. The summed E-state index contributed by atoms with van der Waals surface area (Å²) in [6.45, 7) is 2.72. The molecule has 7 rings (SSSR count). The number of piperidine rings is 1. The van der Waals surface area contributed by atoms with Crippen molar-refractivity contribution in [1.82, 2.24) is 20.5 Å². The van der Waals surface area contributed by atoms with Gasteiger partial charge < -0.3 is 26.0 Å². The fraction of sp³-hybridized carbons (Fsp3) is 0.324. The van der Waals surface area contributed by atoms with Gasteiger partial charge >= 0.3 is 6.03 Å². The Bertz CT molecular complexity index is 1800. The second kappa shape index (κ2) is 11.8. The van der Waals surface area contributed by atoms with Gasteiger partial charge in [0, 0.05) is 36.4 Å². The summed E-state index contributed by atoms with van der Waals surface area (Å²) < 4.78 is 5.98. The number of thioether (sulfide) groups is 1. The fourth-order valence-corrected chi connectivity index (χ4v) is 7.52. The van der Waals surface area contributed by atoms with E-state index >= 15 is 0 Å². The summed E-state index contributed by atoms with van der Waals surface area (Å²) in [5, 5.41) is 15.8. The molecule has 4 amide bonds. The number of nitrogens with zero attached hydrogens (tertiary/aromatic N) is 4. The van der Waals surface area contributed by atoms with E-state index in [4.69, 9.17) is 10.5 Å². The number of anilines is 2. The fourth-order valence-electron chi connectivity index (χ4n) is 6.28. The molecule has 46 heavy (non-hydrogen) atoms. The summed E-state index contributed by atoms with van der Waals surface area (Å²) in [4.78, 5) is 48.3. The molecule has 0 bridgehead atoms. The van der Waals surface area contributed by atoms with E-state index in [0.29, 0.717) is 48.1 Å². The quantitative estimate of drug-likeness (QED) is 0.251. The van der Waals surface area contributed by atoms with E-state index < -0.39 is 16.8 Å². The van der Waals surface area contributed by atoms with Gasteiger partial charge in [-0.2, -0.15) is 5.26 Å². The Kier molecular flexibility index (Phi) is 7.66. The number of hydrogen-bond donors (Lipinski definition) is 3. The molecule has 234 valence electrons. The van der Waals surface area contributed by atoms with Gasteiger partial charge in [-0.1, -0.05) is 30.0 Å². The molecular weight excluding hydrogens is 602 g/mol. The third-order valence-electron chi connectivity index (χ3n) is 8.82. The predicted octanol–water partition coefficient (Wildman–Crippen LogP) is 4.61. The van der Waals surface area contributed by atoms with Crippen LogP contribution >= 0.6 is 11.8 Å². The standard InChI is InChI=1S/C34H33N7O4S/c1-20-16-24(45-23-7-3-2-4-8-23)9-10-25(20)41-26-11-14-37-31-27(26)28(39-33(41)44)29(46-31)30(42)38-22-6-5-15-40(19-22)32(43)21(18-35)17-34(36)12-13-34/h2-4,7-11,14,16-17,22,28-29H,5-6,12-13,15,19,36H2,1H3,(H,38,42)(H,39,44)/b21-17+/t22?,28?,29-/m1/s1. The zero-order chi connectivity index (χ0) is 32.0. The summed E-state index contributed by atoms with van der Waals surface area (Å²) in [6, 6.07) is 17.7. The molecule has 3 aliphatic heterocycles. The van der Waals surface area contributed by atoms with Crippen molar-refractivity contribution in [3.05, 3.63) is 83.6 Å². The van der Waals surface area contributed by atoms with E-state index in [1.807, 2.05) is 61.5 Å². The number of nitriles is 1. The lowest BCUT2D eigenvalue weighted by molar-refractivity contribution is -0.129. The van der Waals surface area contributed by atoms with Crippen molar-refractivity contribution in [3.8, 4) is 17.6 Å². The van der Waals surface area contributed by atoms with Gasteiger partial charge in [-0.3, -0.25) is 14.5 Å². The van der Waals surface area contributed by atoms with Crippen molar-refractivity contribution in [1.29, 1.82) is 5.26 Å². The van der Waals surface area contributed by atoms with E-state index in [1.54, 1.807) is 28.1 Å². The van der Waals surface area contributed by atoms with Crippen LogP contribution in [0.1, 0.15) is 42.9 Å². The normalized spacial score (nSPS) is 22.8. The molecule has 1 saturated heterocycles. The first kappa shape index (κ1) is 29.8. The third kappa shape index (κ3) is 5.68. The highest BCUT2D eigenvalue weighted by molar-refractivity contribution is 8.01. The molecule has 2 fully saturated rings. The highest BCUT2D eigenvalue weighted by Crippen LogP contribution is 2.51. The van der Waals surface area contributed by atoms with Crippen LogP contribution < -0.4 is 26.0 Å². The van der Waals surface area contributed by atoms with Crippen LogP contribution in [0.25, 0.3) is 0 Å². The van der Waals surface area contributed by atoms with Gasteiger partial charge in [-0.15, -0.1) is 0 Å². The van der Waals surface area contributed by atoms with Gasteiger partial charge in [0.1, 0.15) is 33.4 Å². The number of urea groups is 1. The number of ether oxygens (including phenoxy) is 1. The minimum Gasteiger partial charge on any atom is -0.457 e. The molecule has 3 atom stereocenters. The molecular formula is C34H33N7O4S. The number of pyridine rings is 1. The molecule has 11 nitrogen and oxygen atoms in total. The summed E-state index contributed by atoms with van der Waals surface area (Å²) in [5.41, 5.74) is 8.63. The summed E-state index contributed by atoms with van der Waals surface area (Å²) in [5.74, 6) is 0.782. The molecule has 4 aliphatic rings. The Labute approximate surface area is 270 Å². The van der Waals surface area contributed by atoms with Crippen molar-refractivity contribution in [2.75, 3.05) is 18.0 Å². The topological polar surface area (TPSA) is 154 Å². The van der Waals surface area contributed by atoms with E-state index in [0.717, 1.165) is 29.7 Å². The highest BCUT2D eigenvalue weighted by atomic mass is 32.2. The van der Waals surface area contributed by atoms with Gasteiger partial charge in [0.15, 0.2) is 0 Å². The Morgan fingerprint density at radius 1 is 1.17 bits per heavy atom. The van der Waals surface area contributed by atoms with Crippen LogP contribution in [0.15, 0.2) is 77.5 Å². The second-order valence-electron chi connectivity index (χ2n) is 12.2. The lowest BCUT2D eigenvalue weighted by atomic mass is 9.98. The van der Waals surface area contributed by atoms with Crippen molar-refractivity contribution >= 4 is 41.0 Å². The average Bonchev–Trinajstić information content (AvgIpc) is 3.67. The number of aromatic nitrogens is 1. The van der Waals surface area contributed by atoms with Crippen molar-refractivity contribution < 1.29 is 19.1 Å². The molecule has 0 radical (unpaired) electrons. The van der Waals surface area contributed by atoms with Crippen LogP contribution in [0.4, 0.5) is 16.2 Å². The van der Waals surface area contributed by atoms with E-state index in [9.17, 15) is 19.6 Å². The minimum absolute atomic E-state index is 0.0513. The number of nitrogens with two attached hydrogens (primary N) is 1. The number of aryl methyl sites for hydroxylation is 1. The number of carbonyl (C=O) groups is 3. The zero-order valence-electron chi connectivity index (χ0n) is 25.2. The molecule has 12 heteroatoms. The first-order chi connectivity index (χ1) is 22.2. The number of likely N-dealkylation sites (tertiary alicyclic amines) is 1. The van der Waals surface area contributed by atoms with Crippen molar-refractivity contribution in [2.45, 2.75) is 60.5 Å². The van der Waals surface area contributed by atoms with Crippen LogP contribution in [-0.4, -0.2) is 57.6 Å². The summed E-state index contributed by atoms with van der Waals surface area (Å²) >= 11 is 1.32. The molecule has 1 saturated carbocycles. The first-order valence-corrected chi connectivity index (χ1v) is 16.2. The molecule has 0 spiro atoms. The maximum absolute atomic E-state index is 13.7. The average molecular weight is 636 g/mol. The van der Waals surface area contributed by atoms with E-state index in [2.05, 4.69) is 15.6 Å². The smallest absolute Gasteiger partial charge is 0.327 e. The minimum atomic E-state index is -0.634. The lowest BCUT2D eigenvalue weighted by Gasteiger charge is -2.36. The number of nitrogens with one attached hydrogen (secondary N) is 2. The number of para-hydroxylation sites is 1. The second-order valence-corrected chi connectivity index (χ2v) is 13.3. The zero-order valence-corrected chi connectivity index (χ0v) is 26.0. The molecule has 2 aromatic carbocycles. The largest absolute Gasteiger partial charge is 0.457 e. The molecule has 4 N–H and O–H groups in total. The number of amides is 4. The van der Waals surface area contributed by atoms with Gasteiger partial charge in [0.25, 0.3) is 5.91 Å². The Balaban J connectivity index is 1.07. The molecule has 4 heterocycles. The van der Waals surface area contributed by atoms with Crippen LogP contribution in [0.5, 0.6) is 11.5 Å². The van der Waals surface area contributed by atoms with Crippen LogP contribution in [0, 0.1) is 18.3 Å². The Morgan fingerprint density at radius 2 is 1.98 bits per heavy atom. The van der Waals surface area contributed by atoms with Crippen LogP contribution in [0.3, 0.4) is 0 Å². The maximum atomic E-state index is 13.7. The monoisotopic (exact) mass is 635 g/mol. The van der Waals surface area contributed by atoms with Gasteiger partial charge in [0.2, 0.25) is 5.91 Å². The number of hydrogen-bond acceptors (Lipinski definition) is 8. The van der Waals surface area contributed by atoms with E-state index in [1.165, 1.54) is 11.8 Å².